The molecule has 2 N–H and O–H groups in total. The van der Waals surface area contributed by atoms with Crippen LogP contribution in [-0.4, -0.2) is 44.9 Å². The second-order valence-electron chi connectivity index (χ2n) is 7.22. The molecule has 1 aliphatic carbocycles. The molecule has 1 aliphatic heterocycles. The van der Waals surface area contributed by atoms with Gasteiger partial charge in [0.15, 0.2) is 0 Å². The Hall–Kier alpha value is -2.90. The van der Waals surface area contributed by atoms with E-state index in [4.69, 9.17) is 0 Å². The van der Waals surface area contributed by atoms with Crippen LogP contribution in [0.2, 0.25) is 0 Å². The predicted molar refractivity (Wildman–Crippen MR) is 92.6 cm³/mol. The van der Waals surface area contributed by atoms with Crippen LogP contribution in [0.15, 0.2) is 24.4 Å². The molecule has 2 heterocycles. The summed E-state index contributed by atoms with van der Waals surface area (Å²) in [6.07, 6.45) is 3.88. The molecule has 1 aromatic heterocycles. The van der Waals surface area contributed by atoms with Crippen molar-refractivity contribution in [1.82, 2.24) is 9.88 Å². The third-order valence-corrected chi connectivity index (χ3v) is 5.57. The Balaban J connectivity index is 1.53. The number of non-ortho nitro benzene ring substituents is 1. The minimum Gasteiger partial charge on any atom is -0.481 e. The van der Waals surface area contributed by atoms with Crippen LogP contribution in [0.25, 0.3) is 10.9 Å². The van der Waals surface area contributed by atoms with Crippen molar-refractivity contribution >= 4 is 28.5 Å². The second-order valence-corrected chi connectivity index (χ2v) is 7.22. The van der Waals surface area contributed by atoms with Gasteiger partial charge in [0.25, 0.3) is 5.69 Å². The molecule has 1 saturated heterocycles. The van der Waals surface area contributed by atoms with Crippen LogP contribution in [0.3, 0.4) is 0 Å². The van der Waals surface area contributed by atoms with Crippen molar-refractivity contribution in [1.29, 1.82) is 0 Å². The van der Waals surface area contributed by atoms with Crippen LogP contribution in [0, 0.1) is 27.9 Å². The number of hydrogen-bond acceptors (Lipinski definition) is 4. The third-order valence-electron chi connectivity index (χ3n) is 5.57. The van der Waals surface area contributed by atoms with Crippen molar-refractivity contribution in [3.63, 3.8) is 0 Å². The van der Waals surface area contributed by atoms with E-state index in [0.29, 0.717) is 23.4 Å². The molecule has 136 valence electrons. The summed E-state index contributed by atoms with van der Waals surface area (Å²) in [5, 5.41) is 21.1. The first kappa shape index (κ1) is 16.6. The molecule has 0 unspecified atom stereocenters. The number of carboxylic acids is 1. The van der Waals surface area contributed by atoms with Crippen molar-refractivity contribution in [3.8, 4) is 0 Å². The predicted octanol–water partition coefficient (Wildman–Crippen LogP) is 2.19. The lowest BCUT2D eigenvalue weighted by atomic mass is 9.92. The van der Waals surface area contributed by atoms with E-state index in [1.807, 2.05) is 0 Å². The first-order valence-electron chi connectivity index (χ1n) is 8.69. The van der Waals surface area contributed by atoms with Crippen LogP contribution in [0.4, 0.5) is 5.69 Å². The number of aromatic nitrogens is 1. The SMILES string of the molecule is O=C(O)[C@H]1CN(C(=O)Cc2c[nH]c3ccc([N+](=O)[O-])cc23)C[C@@H]1C1CC1. The minimum absolute atomic E-state index is 0.0216. The van der Waals surface area contributed by atoms with Crippen LogP contribution < -0.4 is 0 Å². The normalized spacial score (nSPS) is 22.7. The summed E-state index contributed by atoms with van der Waals surface area (Å²) in [4.78, 5) is 39.4. The highest BCUT2D eigenvalue weighted by Crippen LogP contribution is 2.44. The molecule has 0 radical (unpaired) electrons. The maximum Gasteiger partial charge on any atom is 0.308 e. The summed E-state index contributed by atoms with van der Waals surface area (Å²) in [5.74, 6) is -0.993. The maximum absolute atomic E-state index is 12.7. The third kappa shape index (κ3) is 2.91. The molecule has 0 spiro atoms. The largest absolute Gasteiger partial charge is 0.481 e. The Kier molecular flexibility index (Phi) is 3.90. The Morgan fingerprint density at radius 2 is 2.08 bits per heavy atom. The summed E-state index contributed by atoms with van der Waals surface area (Å²) < 4.78 is 0. The van der Waals surface area contributed by atoms with Gasteiger partial charge in [-0.25, -0.2) is 0 Å². The van der Waals surface area contributed by atoms with E-state index in [9.17, 15) is 24.8 Å². The zero-order valence-corrected chi connectivity index (χ0v) is 14.1. The average molecular weight is 357 g/mol. The Morgan fingerprint density at radius 3 is 2.73 bits per heavy atom. The monoisotopic (exact) mass is 357 g/mol. The standard InChI is InChI=1S/C18H19N3O5/c22-17(20-8-14(10-1-2-10)15(9-20)18(23)24)5-11-7-19-16-4-3-12(21(25)26)6-13(11)16/h3-4,6-7,10,14-15,19H,1-2,5,8-9H2,(H,23,24)/t14-,15+/m1/s1. The number of hydrogen-bond donors (Lipinski definition) is 2. The number of aliphatic carboxylic acids is 1. The van der Waals surface area contributed by atoms with Crippen molar-refractivity contribution < 1.29 is 19.6 Å². The summed E-state index contributed by atoms with van der Waals surface area (Å²) >= 11 is 0. The number of nitro groups is 1. The number of fused-ring (bicyclic) bond motifs is 1. The lowest BCUT2D eigenvalue weighted by Crippen LogP contribution is -2.31. The average Bonchev–Trinajstić information content (AvgIpc) is 3.22. The Labute approximate surface area is 148 Å². The molecule has 8 nitrogen and oxygen atoms in total. The van der Waals surface area contributed by atoms with Gasteiger partial charge in [-0.05, 0) is 36.3 Å². The molecule has 2 aliphatic rings. The van der Waals surface area contributed by atoms with Gasteiger partial charge in [0.2, 0.25) is 5.91 Å². The van der Waals surface area contributed by atoms with Gasteiger partial charge in [-0.15, -0.1) is 0 Å². The number of H-pyrrole nitrogens is 1. The molecule has 4 rings (SSSR count). The molecule has 26 heavy (non-hydrogen) atoms. The number of carbonyl (C=O) groups excluding carboxylic acids is 1. The van der Waals surface area contributed by atoms with Gasteiger partial charge in [-0.2, -0.15) is 0 Å². The summed E-state index contributed by atoms with van der Waals surface area (Å²) in [6.45, 7) is 0.737. The van der Waals surface area contributed by atoms with Crippen molar-refractivity contribution in [3.05, 3.63) is 40.1 Å². The topological polar surface area (TPSA) is 117 Å². The lowest BCUT2D eigenvalue weighted by molar-refractivity contribution is -0.384. The van der Waals surface area contributed by atoms with E-state index in [-0.39, 0.29) is 30.5 Å². The number of carbonyl (C=O) groups is 2. The number of nitro benzene ring substituents is 1. The number of benzene rings is 1. The van der Waals surface area contributed by atoms with Gasteiger partial charge >= 0.3 is 5.97 Å². The highest BCUT2D eigenvalue weighted by atomic mass is 16.6. The van der Waals surface area contributed by atoms with Crippen LogP contribution in [-0.2, 0) is 16.0 Å². The number of carboxylic acid groups (broad SMARTS) is 1. The number of nitrogens with zero attached hydrogens (tertiary/aromatic N) is 2. The van der Waals surface area contributed by atoms with Crippen molar-refractivity contribution in [2.24, 2.45) is 17.8 Å². The number of likely N-dealkylation sites (tertiary alicyclic amines) is 1. The highest BCUT2D eigenvalue weighted by molar-refractivity contribution is 5.90. The van der Waals surface area contributed by atoms with Gasteiger partial charge in [0.05, 0.1) is 17.3 Å². The summed E-state index contributed by atoms with van der Waals surface area (Å²) in [7, 11) is 0. The van der Waals surface area contributed by atoms with Gasteiger partial charge < -0.3 is 15.0 Å². The summed E-state index contributed by atoms with van der Waals surface area (Å²) in [5.41, 5.74) is 1.40. The lowest BCUT2D eigenvalue weighted by Gasteiger charge is -2.16. The molecule has 0 bridgehead atoms. The molecule has 2 fully saturated rings. The van der Waals surface area contributed by atoms with E-state index < -0.39 is 16.8 Å². The van der Waals surface area contributed by atoms with Crippen molar-refractivity contribution in [2.75, 3.05) is 13.1 Å². The van der Waals surface area contributed by atoms with Crippen LogP contribution in [0.1, 0.15) is 18.4 Å². The molecule has 1 amide bonds. The van der Waals surface area contributed by atoms with Gasteiger partial charge in [-0.3, -0.25) is 19.7 Å². The van der Waals surface area contributed by atoms with E-state index in [1.54, 1.807) is 17.2 Å². The molecular formula is C18H19N3O5. The van der Waals surface area contributed by atoms with E-state index in [2.05, 4.69) is 4.98 Å². The van der Waals surface area contributed by atoms with Crippen molar-refractivity contribution in [2.45, 2.75) is 19.3 Å². The zero-order valence-electron chi connectivity index (χ0n) is 14.1. The molecule has 8 heteroatoms. The first-order valence-corrected chi connectivity index (χ1v) is 8.69. The fourth-order valence-corrected chi connectivity index (χ4v) is 4.00. The number of aromatic amines is 1. The van der Waals surface area contributed by atoms with E-state index in [1.165, 1.54) is 12.1 Å². The van der Waals surface area contributed by atoms with Crippen LogP contribution >= 0.6 is 0 Å². The second kappa shape index (κ2) is 6.12. The minimum atomic E-state index is -0.833. The quantitative estimate of drug-likeness (QED) is 0.628. The van der Waals surface area contributed by atoms with Gasteiger partial charge in [0.1, 0.15) is 0 Å². The van der Waals surface area contributed by atoms with E-state index in [0.717, 1.165) is 18.4 Å². The molecule has 1 saturated carbocycles. The zero-order chi connectivity index (χ0) is 18.4. The van der Waals surface area contributed by atoms with E-state index >= 15 is 0 Å². The molecular weight excluding hydrogens is 338 g/mol. The molecule has 1 aromatic carbocycles. The first-order chi connectivity index (χ1) is 12.4. The number of rotatable bonds is 5. The summed E-state index contributed by atoms with van der Waals surface area (Å²) in [6, 6.07) is 4.51. The van der Waals surface area contributed by atoms with Gasteiger partial charge in [0, 0.05) is 42.3 Å². The molecule has 2 atom stereocenters. The molecule has 2 aromatic rings. The number of nitrogens with one attached hydrogen (secondary N) is 1. The number of amides is 1. The fraction of sp³-hybridized carbons (Fsp3) is 0.444. The highest BCUT2D eigenvalue weighted by Gasteiger charge is 2.46. The fourth-order valence-electron chi connectivity index (χ4n) is 4.00. The van der Waals surface area contributed by atoms with Gasteiger partial charge in [-0.1, -0.05) is 0 Å². The smallest absolute Gasteiger partial charge is 0.308 e. The van der Waals surface area contributed by atoms with Crippen LogP contribution in [0.5, 0.6) is 0 Å². The Morgan fingerprint density at radius 1 is 1.31 bits per heavy atom. The Bertz CT molecular complexity index is 901. The maximum atomic E-state index is 12.7.